The largest absolute Gasteiger partial charge is 2.00 e. The molecule has 0 saturated carbocycles. The van der Waals surface area contributed by atoms with Crippen LogP contribution < -0.4 is 0 Å². The van der Waals surface area contributed by atoms with Gasteiger partial charge in [-0.1, -0.05) is 66.2 Å². The van der Waals surface area contributed by atoms with Crippen LogP contribution in [0.1, 0.15) is 66.2 Å². The van der Waals surface area contributed by atoms with E-state index in [1.165, 1.54) is 48.0 Å². The van der Waals surface area contributed by atoms with Gasteiger partial charge in [0, 0.05) is 0 Å². The Kier molecular flexibility index (Phi) is 10.5. The molecular formula is C18H26Zr. The minimum atomic E-state index is 0. The Morgan fingerprint density at radius 1 is 0.842 bits per heavy atom. The molecule has 0 nitrogen and oxygen atoms in total. The molecule has 0 atom stereocenters. The maximum Gasteiger partial charge on any atom is 2.00 e. The molecule has 2 aliphatic carbocycles. The second kappa shape index (κ2) is 10.6. The van der Waals surface area contributed by atoms with Crippen LogP contribution in [0.5, 0.6) is 0 Å². The van der Waals surface area contributed by atoms with Gasteiger partial charge in [-0.3, -0.25) is 0 Å². The van der Waals surface area contributed by atoms with Gasteiger partial charge in [0.05, 0.1) is 0 Å². The van der Waals surface area contributed by atoms with Gasteiger partial charge in [0.15, 0.2) is 0 Å². The predicted octanol–water partition coefficient (Wildman–Crippen LogP) is 5.73. The van der Waals surface area contributed by atoms with E-state index >= 15 is 0 Å². The maximum absolute atomic E-state index is 3.33. The standard InChI is InChI=1S/2C9H13.Zr/c2*1-3-4-9-6-5-8(2)7-9;/h2*6H,3-5H2,1-2H3;/q2*-1;+2. The van der Waals surface area contributed by atoms with Crippen LogP contribution in [0.25, 0.3) is 0 Å². The Morgan fingerprint density at radius 3 is 1.42 bits per heavy atom. The minimum absolute atomic E-state index is 0. The first-order valence-electron chi connectivity index (χ1n) is 7.22. The number of allylic oxidation sites excluding steroid dienone is 8. The molecule has 2 aliphatic rings. The second-order valence-corrected chi connectivity index (χ2v) is 5.18. The van der Waals surface area contributed by atoms with Gasteiger partial charge in [-0.15, -0.1) is 0 Å². The quantitative estimate of drug-likeness (QED) is 0.576. The molecule has 19 heavy (non-hydrogen) atoms. The van der Waals surface area contributed by atoms with Crippen LogP contribution in [0, 0.1) is 12.2 Å². The fraction of sp³-hybridized carbons (Fsp3) is 0.556. The molecule has 0 radical (unpaired) electrons. The van der Waals surface area contributed by atoms with Gasteiger partial charge >= 0.3 is 26.2 Å². The van der Waals surface area contributed by atoms with Crippen LogP contribution in [0.4, 0.5) is 0 Å². The van der Waals surface area contributed by atoms with Crippen molar-refractivity contribution in [1.29, 1.82) is 0 Å². The van der Waals surface area contributed by atoms with Crippen LogP contribution in [0.15, 0.2) is 34.4 Å². The fourth-order valence-electron chi connectivity index (χ4n) is 2.17. The first-order valence-corrected chi connectivity index (χ1v) is 7.22. The van der Waals surface area contributed by atoms with Crippen molar-refractivity contribution in [2.45, 2.75) is 66.2 Å². The molecule has 0 heterocycles. The van der Waals surface area contributed by atoms with E-state index in [1.807, 2.05) is 0 Å². The van der Waals surface area contributed by atoms with Crippen molar-refractivity contribution in [3.63, 3.8) is 0 Å². The summed E-state index contributed by atoms with van der Waals surface area (Å²) in [4.78, 5) is 0. The first kappa shape index (κ1) is 18.8. The molecule has 0 saturated heterocycles. The van der Waals surface area contributed by atoms with Gasteiger partial charge in [-0.2, -0.15) is 11.1 Å². The first-order chi connectivity index (χ1) is 8.65. The van der Waals surface area contributed by atoms with Crippen LogP contribution >= 0.6 is 0 Å². The van der Waals surface area contributed by atoms with Gasteiger partial charge in [0.2, 0.25) is 0 Å². The van der Waals surface area contributed by atoms with E-state index < -0.39 is 0 Å². The molecule has 0 aliphatic heterocycles. The Hall–Kier alpha value is -0.157. The van der Waals surface area contributed by atoms with E-state index in [9.17, 15) is 0 Å². The van der Waals surface area contributed by atoms with Crippen molar-refractivity contribution in [2.24, 2.45) is 0 Å². The molecule has 102 valence electrons. The van der Waals surface area contributed by atoms with E-state index in [0.29, 0.717) is 0 Å². The third-order valence-corrected chi connectivity index (χ3v) is 3.10. The molecule has 0 fully saturated rings. The summed E-state index contributed by atoms with van der Waals surface area (Å²) in [5, 5.41) is 0. The van der Waals surface area contributed by atoms with Gasteiger partial charge in [0.25, 0.3) is 0 Å². The van der Waals surface area contributed by atoms with Gasteiger partial charge < -0.3 is 0 Å². The van der Waals surface area contributed by atoms with E-state index in [1.54, 1.807) is 0 Å². The Bertz CT molecular complexity index is 342. The van der Waals surface area contributed by atoms with Gasteiger partial charge in [-0.05, 0) is 0 Å². The third-order valence-electron chi connectivity index (χ3n) is 3.10. The summed E-state index contributed by atoms with van der Waals surface area (Å²) in [6.07, 6.45) is 18.4. The topological polar surface area (TPSA) is 0 Å². The van der Waals surface area contributed by atoms with Crippen molar-refractivity contribution in [3.05, 3.63) is 46.6 Å². The zero-order chi connectivity index (χ0) is 13.4. The molecule has 0 aromatic heterocycles. The molecule has 0 spiro atoms. The average Bonchev–Trinajstić information content (AvgIpc) is 2.90. The molecule has 0 amide bonds. The zero-order valence-electron chi connectivity index (χ0n) is 12.9. The zero-order valence-corrected chi connectivity index (χ0v) is 15.4. The van der Waals surface area contributed by atoms with Gasteiger partial charge in [0.1, 0.15) is 0 Å². The number of hydrogen-bond acceptors (Lipinski definition) is 0. The minimum Gasteiger partial charge on any atom is -0.250 e. The monoisotopic (exact) mass is 332 g/mol. The van der Waals surface area contributed by atoms with Crippen LogP contribution in [-0.2, 0) is 26.2 Å². The average molecular weight is 334 g/mol. The maximum atomic E-state index is 3.33. The Labute approximate surface area is 138 Å². The molecule has 1 heteroatoms. The summed E-state index contributed by atoms with van der Waals surface area (Å²) in [5.41, 5.74) is 5.60. The van der Waals surface area contributed by atoms with Crippen molar-refractivity contribution < 1.29 is 26.2 Å². The fourth-order valence-corrected chi connectivity index (χ4v) is 2.17. The molecule has 2 rings (SSSR count). The summed E-state index contributed by atoms with van der Waals surface area (Å²) in [5.74, 6) is 0. The smallest absolute Gasteiger partial charge is 0.250 e. The van der Waals surface area contributed by atoms with Crippen molar-refractivity contribution in [3.8, 4) is 0 Å². The van der Waals surface area contributed by atoms with Crippen molar-refractivity contribution >= 4 is 0 Å². The summed E-state index contributed by atoms with van der Waals surface area (Å²) < 4.78 is 0. The molecule has 0 bridgehead atoms. The van der Waals surface area contributed by atoms with E-state index in [4.69, 9.17) is 0 Å². The summed E-state index contributed by atoms with van der Waals surface area (Å²) in [6.45, 7) is 8.69. The molecule has 0 N–H and O–H groups in total. The molecule has 0 aromatic carbocycles. The summed E-state index contributed by atoms with van der Waals surface area (Å²) in [6, 6.07) is 0. The summed E-state index contributed by atoms with van der Waals surface area (Å²) >= 11 is 0. The van der Waals surface area contributed by atoms with Crippen LogP contribution in [-0.4, -0.2) is 0 Å². The van der Waals surface area contributed by atoms with Crippen molar-refractivity contribution in [2.75, 3.05) is 0 Å². The van der Waals surface area contributed by atoms with Crippen LogP contribution in [0.3, 0.4) is 0 Å². The summed E-state index contributed by atoms with van der Waals surface area (Å²) in [7, 11) is 0. The third kappa shape index (κ3) is 7.88. The van der Waals surface area contributed by atoms with E-state index in [-0.39, 0.29) is 26.2 Å². The Balaban J connectivity index is 0.000000324. The van der Waals surface area contributed by atoms with E-state index in [0.717, 1.165) is 12.8 Å². The Morgan fingerprint density at radius 2 is 1.21 bits per heavy atom. The predicted molar refractivity (Wildman–Crippen MR) is 80.1 cm³/mol. The van der Waals surface area contributed by atoms with Gasteiger partial charge in [-0.25, -0.2) is 35.5 Å². The SMILES string of the molecule is CCCC1=CCC(C)=[C-]1.CCCC1=CCC(C)=[C-]1.[Zr+2]. The normalized spacial score (nSPS) is 16.6. The molecule has 0 aromatic rings. The second-order valence-electron chi connectivity index (χ2n) is 5.18. The molecule has 0 unspecified atom stereocenters. The van der Waals surface area contributed by atoms with E-state index in [2.05, 4.69) is 52.0 Å². The van der Waals surface area contributed by atoms with Crippen molar-refractivity contribution in [1.82, 2.24) is 0 Å². The number of hydrogen-bond donors (Lipinski definition) is 0. The van der Waals surface area contributed by atoms with Crippen LogP contribution in [0.2, 0.25) is 0 Å². The number of rotatable bonds is 4. The molecular weight excluding hydrogens is 307 g/mol.